The SMILES string of the molecule is Cc1nonc1CNC(=O)c1cn(CC2CCCCC2)cc(C(=O)NC(C)C)c1=O. The first-order valence-electron chi connectivity index (χ1n) is 10.5. The Morgan fingerprint density at radius 2 is 1.80 bits per heavy atom. The highest BCUT2D eigenvalue weighted by molar-refractivity contribution is 5.99. The van der Waals surface area contributed by atoms with E-state index in [4.69, 9.17) is 0 Å². The zero-order chi connectivity index (χ0) is 21.7. The van der Waals surface area contributed by atoms with E-state index in [2.05, 4.69) is 25.6 Å². The number of amides is 2. The van der Waals surface area contributed by atoms with E-state index in [1.54, 1.807) is 19.3 Å². The second kappa shape index (κ2) is 9.69. The number of carbonyl (C=O) groups is 2. The van der Waals surface area contributed by atoms with Gasteiger partial charge in [-0.25, -0.2) is 4.63 Å². The van der Waals surface area contributed by atoms with Gasteiger partial charge in [0.05, 0.1) is 6.54 Å². The van der Waals surface area contributed by atoms with E-state index in [-0.39, 0.29) is 23.7 Å². The molecule has 30 heavy (non-hydrogen) atoms. The lowest BCUT2D eigenvalue weighted by Crippen LogP contribution is -2.37. The number of carbonyl (C=O) groups excluding carboxylic acids is 2. The maximum atomic E-state index is 12.9. The van der Waals surface area contributed by atoms with Crippen LogP contribution in [0.25, 0.3) is 0 Å². The summed E-state index contributed by atoms with van der Waals surface area (Å²) < 4.78 is 6.44. The van der Waals surface area contributed by atoms with E-state index in [0.29, 0.717) is 23.9 Å². The fraction of sp³-hybridized carbons (Fsp3) is 0.571. The number of rotatable bonds is 7. The van der Waals surface area contributed by atoms with E-state index in [0.717, 1.165) is 12.8 Å². The highest BCUT2D eigenvalue weighted by atomic mass is 16.6. The van der Waals surface area contributed by atoms with Crippen molar-refractivity contribution in [1.29, 1.82) is 0 Å². The number of nitrogens with one attached hydrogen (secondary N) is 2. The molecule has 2 N–H and O–H groups in total. The average Bonchev–Trinajstić information content (AvgIpc) is 3.12. The first-order chi connectivity index (χ1) is 14.3. The third-order valence-corrected chi connectivity index (χ3v) is 5.34. The molecule has 0 atom stereocenters. The van der Waals surface area contributed by atoms with Crippen LogP contribution in [0.4, 0.5) is 0 Å². The van der Waals surface area contributed by atoms with Crippen LogP contribution in [0.1, 0.15) is 78.1 Å². The van der Waals surface area contributed by atoms with Gasteiger partial charge in [-0.15, -0.1) is 0 Å². The minimum Gasteiger partial charge on any atom is -0.352 e. The van der Waals surface area contributed by atoms with Crippen LogP contribution in [0.2, 0.25) is 0 Å². The summed E-state index contributed by atoms with van der Waals surface area (Å²) in [7, 11) is 0. The fourth-order valence-corrected chi connectivity index (χ4v) is 3.74. The normalized spacial score (nSPS) is 14.7. The molecular weight excluding hydrogens is 386 g/mol. The van der Waals surface area contributed by atoms with Gasteiger partial charge in [-0.3, -0.25) is 14.4 Å². The summed E-state index contributed by atoms with van der Waals surface area (Å²) in [5.74, 6) is -0.556. The Morgan fingerprint density at radius 3 is 2.40 bits per heavy atom. The monoisotopic (exact) mass is 415 g/mol. The van der Waals surface area contributed by atoms with E-state index in [1.165, 1.54) is 19.3 Å². The van der Waals surface area contributed by atoms with Crippen molar-refractivity contribution in [3.8, 4) is 0 Å². The van der Waals surface area contributed by atoms with Gasteiger partial charge in [0, 0.05) is 25.0 Å². The van der Waals surface area contributed by atoms with Gasteiger partial charge in [-0.2, -0.15) is 0 Å². The Morgan fingerprint density at radius 1 is 1.13 bits per heavy atom. The molecule has 1 aliphatic carbocycles. The molecule has 3 rings (SSSR count). The predicted molar refractivity (Wildman–Crippen MR) is 110 cm³/mol. The number of aryl methyl sites for hydroxylation is 1. The minimum atomic E-state index is -0.583. The van der Waals surface area contributed by atoms with Gasteiger partial charge in [-0.05, 0) is 39.5 Å². The molecule has 2 amide bonds. The first kappa shape index (κ1) is 21.7. The second-order valence-corrected chi connectivity index (χ2v) is 8.22. The van der Waals surface area contributed by atoms with Crippen molar-refractivity contribution in [1.82, 2.24) is 25.5 Å². The van der Waals surface area contributed by atoms with Crippen LogP contribution in [-0.4, -0.2) is 32.7 Å². The molecular formula is C21H29N5O4. The maximum absolute atomic E-state index is 12.9. The van der Waals surface area contributed by atoms with Gasteiger partial charge in [0.2, 0.25) is 5.43 Å². The lowest BCUT2D eigenvalue weighted by molar-refractivity contribution is 0.0940. The van der Waals surface area contributed by atoms with E-state index in [9.17, 15) is 14.4 Å². The number of aromatic nitrogens is 3. The molecule has 0 aromatic carbocycles. The van der Waals surface area contributed by atoms with Gasteiger partial charge in [0.25, 0.3) is 11.8 Å². The van der Waals surface area contributed by atoms with Crippen molar-refractivity contribution < 1.29 is 14.2 Å². The smallest absolute Gasteiger partial charge is 0.257 e. The van der Waals surface area contributed by atoms with Crippen molar-refractivity contribution in [2.75, 3.05) is 0 Å². The number of hydrogen-bond acceptors (Lipinski definition) is 6. The van der Waals surface area contributed by atoms with Crippen molar-refractivity contribution in [3.63, 3.8) is 0 Å². The van der Waals surface area contributed by atoms with Gasteiger partial charge in [0.1, 0.15) is 22.5 Å². The van der Waals surface area contributed by atoms with Gasteiger partial charge in [0.15, 0.2) is 0 Å². The molecule has 0 radical (unpaired) electrons. The van der Waals surface area contributed by atoms with Crippen molar-refractivity contribution in [2.24, 2.45) is 5.92 Å². The fourth-order valence-electron chi connectivity index (χ4n) is 3.74. The molecule has 2 heterocycles. The Kier molecular flexibility index (Phi) is 7.02. The molecule has 1 fully saturated rings. The third-order valence-electron chi connectivity index (χ3n) is 5.34. The van der Waals surface area contributed by atoms with Gasteiger partial charge in [-0.1, -0.05) is 29.6 Å². The largest absolute Gasteiger partial charge is 0.352 e. The van der Waals surface area contributed by atoms with Crippen LogP contribution >= 0.6 is 0 Å². The summed E-state index contributed by atoms with van der Waals surface area (Å²) in [5, 5.41) is 12.8. The topological polar surface area (TPSA) is 119 Å². The highest BCUT2D eigenvalue weighted by Crippen LogP contribution is 2.25. The Balaban J connectivity index is 1.87. The van der Waals surface area contributed by atoms with Gasteiger partial charge < -0.3 is 15.2 Å². The second-order valence-electron chi connectivity index (χ2n) is 8.22. The highest BCUT2D eigenvalue weighted by Gasteiger charge is 2.22. The molecule has 1 saturated carbocycles. The number of hydrogen-bond donors (Lipinski definition) is 2. The third kappa shape index (κ3) is 5.34. The van der Waals surface area contributed by atoms with Crippen molar-refractivity contribution in [2.45, 2.75) is 72.0 Å². The van der Waals surface area contributed by atoms with Gasteiger partial charge >= 0.3 is 0 Å². The van der Waals surface area contributed by atoms with E-state index in [1.807, 2.05) is 18.4 Å². The number of pyridine rings is 1. The zero-order valence-electron chi connectivity index (χ0n) is 17.7. The van der Waals surface area contributed by atoms with Crippen LogP contribution in [0.15, 0.2) is 21.8 Å². The Bertz CT molecular complexity index is 957. The minimum absolute atomic E-state index is 0.0218. The predicted octanol–water partition coefficient (Wildman–Crippen LogP) is 2.19. The molecule has 0 aliphatic heterocycles. The summed E-state index contributed by atoms with van der Waals surface area (Å²) in [6, 6.07) is -0.121. The molecule has 9 nitrogen and oxygen atoms in total. The van der Waals surface area contributed by atoms with Crippen LogP contribution in [0.5, 0.6) is 0 Å². The van der Waals surface area contributed by atoms with Crippen molar-refractivity contribution >= 4 is 11.8 Å². The summed E-state index contributed by atoms with van der Waals surface area (Å²) >= 11 is 0. The van der Waals surface area contributed by atoms with Crippen LogP contribution < -0.4 is 16.1 Å². The summed E-state index contributed by atoms with van der Waals surface area (Å²) in [5.41, 5.74) is 0.387. The molecule has 1 aliphatic rings. The van der Waals surface area contributed by atoms with Crippen LogP contribution in [-0.2, 0) is 13.1 Å². The van der Waals surface area contributed by atoms with E-state index < -0.39 is 17.2 Å². The Hall–Kier alpha value is -2.97. The van der Waals surface area contributed by atoms with Crippen LogP contribution in [0, 0.1) is 12.8 Å². The standard InChI is InChI=1S/C21H29N5O4/c1-13(2)23-21(29)17-12-26(10-15-7-5-4-6-8-15)11-16(19(17)27)20(28)22-9-18-14(3)24-30-25-18/h11-13,15H,4-10H2,1-3H3,(H,22,28)(H,23,29). The quantitative estimate of drug-likeness (QED) is 0.715. The Labute approximate surface area is 175 Å². The molecule has 0 spiro atoms. The molecule has 0 saturated heterocycles. The number of nitrogens with zero attached hydrogens (tertiary/aromatic N) is 3. The molecule has 0 unspecified atom stereocenters. The lowest BCUT2D eigenvalue weighted by atomic mass is 9.89. The molecule has 2 aromatic rings. The van der Waals surface area contributed by atoms with E-state index >= 15 is 0 Å². The lowest BCUT2D eigenvalue weighted by Gasteiger charge is -2.23. The summed E-state index contributed by atoms with van der Waals surface area (Å²) in [4.78, 5) is 38.3. The molecule has 162 valence electrons. The maximum Gasteiger partial charge on any atom is 0.257 e. The summed E-state index contributed by atoms with van der Waals surface area (Å²) in [6.07, 6.45) is 8.95. The summed E-state index contributed by atoms with van der Waals surface area (Å²) in [6.45, 7) is 6.12. The average molecular weight is 415 g/mol. The van der Waals surface area contributed by atoms with Crippen molar-refractivity contribution in [3.05, 3.63) is 45.1 Å². The molecule has 9 heteroatoms. The molecule has 0 bridgehead atoms. The first-order valence-corrected chi connectivity index (χ1v) is 10.5. The zero-order valence-corrected chi connectivity index (χ0v) is 17.7. The van der Waals surface area contributed by atoms with Crippen LogP contribution in [0.3, 0.4) is 0 Å². The molecule has 2 aromatic heterocycles.